The molecule has 1 fully saturated rings. The van der Waals surface area contributed by atoms with E-state index in [0.717, 1.165) is 44.3 Å². The van der Waals surface area contributed by atoms with Gasteiger partial charge in [-0.05, 0) is 64.9 Å². The Balaban J connectivity index is 1.44. The predicted molar refractivity (Wildman–Crippen MR) is 119 cm³/mol. The molecule has 2 unspecified atom stereocenters. The van der Waals surface area contributed by atoms with Gasteiger partial charge in [-0.2, -0.15) is 0 Å². The lowest BCUT2D eigenvalue weighted by atomic mass is 9.87. The second kappa shape index (κ2) is 12.2. The van der Waals surface area contributed by atoms with Crippen LogP contribution in [0.2, 0.25) is 0 Å². The minimum atomic E-state index is -0.836. The Morgan fingerprint density at radius 2 is 2.06 bits per heavy atom. The quantitative estimate of drug-likeness (QED) is 0.347. The van der Waals surface area contributed by atoms with Gasteiger partial charge in [0.05, 0.1) is 13.2 Å². The van der Waals surface area contributed by atoms with Gasteiger partial charge < -0.3 is 23.7 Å². The van der Waals surface area contributed by atoms with Gasteiger partial charge in [0.1, 0.15) is 11.5 Å². The normalized spacial score (nSPS) is 22.7. The van der Waals surface area contributed by atoms with Gasteiger partial charge in [0, 0.05) is 37.7 Å². The van der Waals surface area contributed by atoms with Gasteiger partial charge in [0.15, 0.2) is 17.7 Å². The number of Topliss-reactive ketones (excluding diaryl/α,β-unsaturated/α-hetero) is 1. The standard InChI is InChI=1S/C25H36O7/c1-3-28-23(27)9-8-16-29-20-12-11-19-17-22(26)25(2,32-21(19)18-20)13-5-7-15-31-24-10-4-6-14-30-24/h11-12,18,24H,3-10,13-17H2,1-2H3. The zero-order valence-electron chi connectivity index (χ0n) is 19.4. The number of fused-ring (bicyclic) bond motifs is 1. The maximum atomic E-state index is 12.8. The van der Waals surface area contributed by atoms with E-state index in [4.69, 9.17) is 23.7 Å². The minimum Gasteiger partial charge on any atom is -0.493 e. The van der Waals surface area contributed by atoms with Crippen molar-refractivity contribution in [2.24, 2.45) is 0 Å². The summed E-state index contributed by atoms with van der Waals surface area (Å²) in [4.78, 5) is 24.2. The maximum Gasteiger partial charge on any atom is 0.305 e. The van der Waals surface area contributed by atoms with E-state index < -0.39 is 5.60 Å². The van der Waals surface area contributed by atoms with Gasteiger partial charge in [-0.15, -0.1) is 0 Å². The summed E-state index contributed by atoms with van der Waals surface area (Å²) in [6.45, 7) is 5.88. The van der Waals surface area contributed by atoms with E-state index in [1.54, 1.807) is 6.92 Å². The number of hydrogen-bond acceptors (Lipinski definition) is 7. The van der Waals surface area contributed by atoms with Crippen molar-refractivity contribution in [3.8, 4) is 11.5 Å². The van der Waals surface area contributed by atoms with Crippen LogP contribution in [-0.4, -0.2) is 50.1 Å². The number of esters is 1. The average molecular weight is 449 g/mol. The lowest BCUT2D eigenvalue weighted by Crippen LogP contribution is -2.45. The third-order valence-electron chi connectivity index (χ3n) is 5.90. The van der Waals surface area contributed by atoms with Gasteiger partial charge in [-0.3, -0.25) is 9.59 Å². The number of carbonyl (C=O) groups is 2. The fourth-order valence-corrected chi connectivity index (χ4v) is 3.98. The number of ketones is 1. The summed E-state index contributed by atoms with van der Waals surface area (Å²) in [5.74, 6) is 1.26. The highest BCUT2D eigenvalue weighted by atomic mass is 16.7. The molecule has 1 saturated heterocycles. The summed E-state index contributed by atoms with van der Waals surface area (Å²) >= 11 is 0. The molecule has 1 aromatic rings. The Labute approximate surface area is 190 Å². The molecular formula is C25H36O7. The summed E-state index contributed by atoms with van der Waals surface area (Å²) in [7, 11) is 0. The molecule has 2 aliphatic rings. The SMILES string of the molecule is CCOC(=O)CCCOc1ccc2c(c1)OC(C)(CCCCOC1CCCCO1)C(=O)C2. The van der Waals surface area contributed by atoms with Gasteiger partial charge in [-0.25, -0.2) is 0 Å². The fourth-order valence-electron chi connectivity index (χ4n) is 3.98. The Morgan fingerprint density at radius 3 is 2.84 bits per heavy atom. The zero-order valence-corrected chi connectivity index (χ0v) is 19.4. The largest absolute Gasteiger partial charge is 0.493 e. The highest BCUT2D eigenvalue weighted by Crippen LogP contribution is 2.36. The summed E-state index contributed by atoms with van der Waals surface area (Å²) < 4.78 is 28.2. The summed E-state index contributed by atoms with van der Waals surface area (Å²) in [6.07, 6.45) is 6.78. The molecule has 2 atom stereocenters. The number of ether oxygens (including phenoxy) is 5. The Bertz CT molecular complexity index is 757. The van der Waals surface area contributed by atoms with Gasteiger partial charge in [0.25, 0.3) is 0 Å². The lowest BCUT2D eigenvalue weighted by molar-refractivity contribution is -0.163. The van der Waals surface area contributed by atoms with Gasteiger partial charge in [-0.1, -0.05) is 6.07 Å². The molecule has 0 spiro atoms. The van der Waals surface area contributed by atoms with Crippen molar-refractivity contribution in [3.63, 3.8) is 0 Å². The van der Waals surface area contributed by atoms with Crippen LogP contribution < -0.4 is 9.47 Å². The third-order valence-corrected chi connectivity index (χ3v) is 5.90. The van der Waals surface area contributed by atoms with Gasteiger partial charge >= 0.3 is 5.97 Å². The first kappa shape index (κ1) is 24.5. The molecule has 0 radical (unpaired) electrons. The van der Waals surface area contributed by atoms with Crippen molar-refractivity contribution in [2.75, 3.05) is 26.4 Å². The number of benzene rings is 1. The Kier molecular flexibility index (Phi) is 9.36. The first-order valence-electron chi connectivity index (χ1n) is 11.9. The molecule has 0 aliphatic carbocycles. The molecule has 32 heavy (non-hydrogen) atoms. The van der Waals surface area contributed by atoms with E-state index in [9.17, 15) is 9.59 Å². The predicted octanol–water partition coefficient (Wildman–Crippen LogP) is 4.38. The number of unbranched alkanes of at least 4 members (excludes halogenated alkanes) is 1. The minimum absolute atomic E-state index is 0.0745. The molecular weight excluding hydrogens is 412 g/mol. The monoisotopic (exact) mass is 448 g/mol. The second-order valence-corrected chi connectivity index (χ2v) is 8.58. The summed E-state index contributed by atoms with van der Waals surface area (Å²) in [5.41, 5.74) is 0.0424. The van der Waals surface area contributed by atoms with Crippen molar-refractivity contribution in [1.82, 2.24) is 0 Å². The molecule has 1 aromatic carbocycles. The molecule has 3 rings (SSSR count). The first-order valence-corrected chi connectivity index (χ1v) is 11.9. The third kappa shape index (κ3) is 7.20. The van der Waals surface area contributed by atoms with Gasteiger partial charge in [0.2, 0.25) is 0 Å². The zero-order chi connectivity index (χ0) is 22.8. The van der Waals surface area contributed by atoms with E-state index >= 15 is 0 Å². The van der Waals surface area contributed by atoms with Crippen LogP contribution in [0.4, 0.5) is 0 Å². The molecule has 0 saturated carbocycles. The fraction of sp³-hybridized carbons (Fsp3) is 0.680. The number of carbonyl (C=O) groups excluding carboxylic acids is 2. The molecule has 7 nitrogen and oxygen atoms in total. The van der Waals surface area contributed by atoms with E-state index in [0.29, 0.717) is 57.0 Å². The van der Waals surface area contributed by atoms with Crippen LogP contribution in [0.5, 0.6) is 11.5 Å². The molecule has 0 amide bonds. The molecule has 0 N–H and O–H groups in total. The van der Waals surface area contributed by atoms with E-state index in [1.807, 2.05) is 25.1 Å². The second-order valence-electron chi connectivity index (χ2n) is 8.58. The lowest BCUT2D eigenvalue weighted by Gasteiger charge is -2.34. The molecule has 0 aromatic heterocycles. The highest BCUT2D eigenvalue weighted by molar-refractivity contribution is 5.91. The topological polar surface area (TPSA) is 80.3 Å². The van der Waals surface area contributed by atoms with Crippen molar-refractivity contribution >= 4 is 11.8 Å². The molecule has 178 valence electrons. The molecule has 2 heterocycles. The van der Waals surface area contributed by atoms with Crippen LogP contribution in [0.25, 0.3) is 0 Å². The molecule has 0 bridgehead atoms. The number of hydrogen-bond donors (Lipinski definition) is 0. The maximum absolute atomic E-state index is 12.8. The van der Waals surface area contributed by atoms with E-state index in [1.165, 1.54) is 0 Å². The average Bonchev–Trinajstić information content (AvgIpc) is 2.78. The van der Waals surface area contributed by atoms with Crippen molar-refractivity contribution in [1.29, 1.82) is 0 Å². The van der Waals surface area contributed by atoms with Crippen LogP contribution >= 0.6 is 0 Å². The van der Waals surface area contributed by atoms with Crippen LogP contribution in [-0.2, 0) is 30.2 Å². The summed E-state index contributed by atoms with van der Waals surface area (Å²) in [6, 6.07) is 5.56. The first-order chi connectivity index (χ1) is 15.5. The van der Waals surface area contributed by atoms with E-state index in [-0.39, 0.29) is 18.0 Å². The summed E-state index contributed by atoms with van der Waals surface area (Å²) in [5, 5.41) is 0. The number of rotatable bonds is 12. The van der Waals surface area contributed by atoms with E-state index in [2.05, 4.69) is 0 Å². The smallest absolute Gasteiger partial charge is 0.305 e. The Morgan fingerprint density at radius 1 is 1.19 bits per heavy atom. The van der Waals surface area contributed by atoms with Crippen molar-refractivity contribution < 1.29 is 33.3 Å². The molecule has 7 heteroatoms. The molecule has 2 aliphatic heterocycles. The van der Waals surface area contributed by atoms with Crippen LogP contribution in [0.15, 0.2) is 18.2 Å². The highest BCUT2D eigenvalue weighted by Gasteiger charge is 2.39. The van der Waals surface area contributed by atoms with Crippen LogP contribution in [0.1, 0.15) is 70.8 Å². The van der Waals surface area contributed by atoms with Crippen molar-refractivity contribution in [2.45, 2.75) is 83.5 Å². The van der Waals surface area contributed by atoms with Crippen molar-refractivity contribution in [3.05, 3.63) is 23.8 Å². The Hall–Kier alpha value is -2.12. The van der Waals surface area contributed by atoms with Crippen LogP contribution in [0.3, 0.4) is 0 Å². The van der Waals surface area contributed by atoms with Crippen LogP contribution in [0, 0.1) is 0 Å².